The molecule has 0 fully saturated rings. The van der Waals surface area contributed by atoms with Crippen LogP contribution >= 0.6 is 11.6 Å². The quantitative estimate of drug-likeness (QED) is 0.833. The molecule has 2 rings (SSSR count). The third kappa shape index (κ3) is 4.76. The van der Waals surface area contributed by atoms with Gasteiger partial charge in [0.25, 0.3) is 5.91 Å². The normalized spacial score (nSPS) is 10.3. The van der Waals surface area contributed by atoms with Gasteiger partial charge in [-0.15, -0.1) is 0 Å². The van der Waals surface area contributed by atoms with Gasteiger partial charge in [-0.05, 0) is 30.3 Å². The third-order valence-corrected chi connectivity index (χ3v) is 3.68. The molecule has 2 amide bonds. The average Bonchev–Trinajstić information content (AvgIpc) is 3.09. The molecule has 7 heteroatoms. The van der Waals surface area contributed by atoms with Crippen LogP contribution in [0.4, 0.5) is 0 Å². The first kappa shape index (κ1) is 17.9. The minimum atomic E-state index is -0.341. The fourth-order valence-corrected chi connectivity index (χ4v) is 2.38. The molecule has 0 aliphatic carbocycles. The van der Waals surface area contributed by atoms with Crippen LogP contribution in [0, 0.1) is 0 Å². The maximum atomic E-state index is 12.2. The molecule has 1 aromatic carbocycles. The number of ether oxygens (including phenoxy) is 1. The highest BCUT2D eigenvalue weighted by molar-refractivity contribution is 6.30. The zero-order valence-electron chi connectivity index (χ0n) is 13.5. The van der Waals surface area contributed by atoms with Crippen molar-refractivity contribution in [2.24, 2.45) is 0 Å². The topological polar surface area (TPSA) is 71.8 Å². The van der Waals surface area contributed by atoms with E-state index in [4.69, 9.17) is 20.8 Å². The number of carbonyl (C=O) groups is 2. The Kier molecular flexibility index (Phi) is 6.26. The molecule has 0 radical (unpaired) electrons. The molecule has 0 aliphatic heterocycles. The van der Waals surface area contributed by atoms with E-state index in [1.54, 1.807) is 49.4 Å². The number of hydrogen-bond donors (Lipinski definition) is 1. The summed E-state index contributed by atoms with van der Waals surface area (Å²) < 4.78 is 10.3. The first-order chi connectivity index (χ1) is 11.5. The SMILES string of the molecule is COc1ccc(Cl)cc1CN(C)C(=O)CCNC(=O)c1ccco1. The fourth-order valence-electron chi connectivity index (χ4n) is 2.18. The lowest BCUT2D eigenvalue weighted by molar-refractivity contribution is -0.130. The second-order valence-corrected chi connectivity index (χ2v) is 5.63. The standard InChI is InChI=1S/C17H19ClN2O4/c1-20(11-12-10-13(18)5-6-14(12)23-2)16(21)7-8-19-17(22)15-4-3-9-24-15/h3-6,9-10H,7-8,11H2,1-2H3,(H,19,22). The summed E-state index contributed by atoms with van der Waals surface area (Å²) >= 11 is 5.99. The van der Waals surface area contributed by atoms with Crippen LogP contribution in [0.3, 0.4) is 0 Å². The molecule has 0 spiro atoms. The number of nitrogens with one attached hydrogen (secondary N) is 1. The van der Waals surface area contributed by atoms with Crippen LogP contribution in [0.1, 0.15) is 22.5 Å². The summed E-state index contributed by atoms with van der Waals surface area (Å²) in [7, 11) is 3.26. The van der Waals surface area contributed by atoms with Crippen molar-refractivity contribution in [1.82, 2.24) is 10.2 Å². The molecule has 24 heavy (non-hydrogen) atoms. The highest BCUT2D eigenvalue weighted by Crippen LogP contribution is 2.23. The van der Waals surface area contributed by atoms with Crippen LogP contribution < -0.4 is 10.1 Å². The summed E-state index contributed by atoms with van der Waals surface area (Å²) in [5.41, 5.74) is 0.820. The molecule has 2 aromatic rings. The van der Waals surface area contributed by atoms with Gasteiger partial charge < -0.3 is 19.4 Å². The first-order valence-electron chi connectivity index (χ1n) is 7.39. The van der Waals surface area contributed by atoms with Gasteiger partial charge in [0.1, 0.15) is 5.75 Å². The molecule has 6 nitrogen and oxygen atoms in total. The summed E-state index contributed by atoms with van der Waals surface area (Å²) in [5, 5.41) is 3.22. The van der Waals surface area contributed by atoms with Crippen molar-refractivity contribution in [2.75, 3.05) is 20.7 Å². The van der Waals surface area contributed by atoms with Gasteiger partial charge in [0.05, 0.1) is 13.4 Å². The van der Waals surface area contributed by atoms with E-state index in [0.29, 0.717) is 17.3 Å². The second kappa shape index (κ2) is 8.40. The van der Waals surface area contributed by atoms with Crippen molar-refractivity contribution in [3.05, 3.63) is 52.9 Å². The van der Waals surface area contributed by atoms with Crippen molar-refractivity contribution in [3.63, 3.8) is 0 Å². The van der Waals surface area contributed by atoms with Gasteiger partial charge in [0.2, 0.25) is 5.91 Å². The first-order valence-corrected chi connectivity index (χ1v) is 7.77. The van der Waals surface area contributed by atoms with E-state index in [1.807, 2.05) is 0 Å². The number of rotatable bonds is 7. The summed E-state index contributed by atoms with van der Waals surface area (Å²) in [6.45, 7) is 0.601. The third-order valence-electron chi connectivity index (χ3n) is 3.45. The molecule has 0 unspecified atom stereocenters. The number of amides is 2. The Morgan fingerprint density at radius 2 is 2.12 bits per heavy atom. The average molecular weight is 351 g/mol. The fraction of sp³-hybridized carbons (Fsp3) is 0.294. The van der Waals surface area contributed by atoms with Gasteiger partial charge in [-0.2, -0.15) is 0 Å². The summed E-state index contributed by atoms with van der Waals surface area (Å²) in [4.78, 5) is 25.4. The number of carbonyl (C=O) groups excluding carboxylic acids is 2. The highest BCUT2D eigenvalue weighted by Gasteiger charge is 2.14. The minimum absolute atomic E-state index is 0.100. The number of benzene rings is 1. The van der Waals surface area contributed by atoms with Crippen LogP contribution in [-0.2, 0) is 11.3 Å². The Morgan fingerprint density at radius 1 is 1.33 bits per heavy atom. The van der Waals surface area contributed by atoms with E-state index in [1.165, 1.54) is 6.26 Å². The van der Waals surface area contributed by atoms with E-state index in [9.17, 15) is 9.59 Å². The monoisotopic (exact) mass is 350 g/mol. The lowest BCUT2D eigenvalue weighted by atomic mass is 10.2. The largest absolute Gasteiger partial charge is 0.496 e. The molecule has 0 saturated heterocycles. The van der Waals surface area contributed by atoms with Gasteiger partial charge in [0.15, 0.2) is 5.76 Å². The van der Waals surface area contributed by atoms with Crippen LogP contribution in [0.2, 0.25) is 5.02 Å². The predicted octanol–water partition coefficient (Wildman–Crippen LogP) is 2.72. The van der Waals surface area contributed by atoms with Gasteiger partial charge in [-0.25, -0.2) is 0 Å². The maximum absolute atomic E-state index is 12.2. The number of nitrogens with zero attached hydrogens (tertiary/aromatic N) is 1. The molecule has 0 saturated carbocycles. The molecule has 0 bridgehead atoms. The van der Waals surface area contributed by atoms with Gasteiger partial charge in [-0.3, -0.25) is 9.59 Å². The Balaban J connectivity index is 1.84. The van der Waals surface area contributed by atoms with Gasteiger partial charge in [0, 0.05) is 37.1 Å². The number of methoxy groups -OCH3 is 1. The van der Waals surface area contributed by atoms with E-state index in [-0.39, 0.29) is 30.5 Å². The predicted molar refractivity (Wildman–Crippen MR) is 90.1 cm³/mol. The molecule has 0 aliphatic rings. The number of hydrogen-bond acceptors (Lipinski definition) is 4. The van der Waals surface area contributed by atoms with Crippen molar-refractivity contribution in [3.8, 4) is 5.75 Å². The zero-order chi connectivity index (χ0) is 17.5. The van der Waals surface area contributed by atoms with Crippen LogP contribution in [0.5, 0.6) is 5.75 Å². The highest BCUT2D eigenvalue weighted by atomic mass is 35.5. The maximum Gasteiger partial charge on any atom is 0.286 e. The number of furan rings is 1. The molecule has 128 valence electrons. The summed E-state index contributed by atoms with van der Waals surface area (Å²) in [5.74, 6) is 0.452. The van der Waals surface area contributed by atoms with Crippen molar-refractivity contribution < 1.29 is 18.7 Å². The van der Waals surface area contributed by atoms with Crippen molar-refractivity contribution in [2.45, 2.75) is 13.0 Å². The van der Waals surface area contributed by atoms with Gasteiger partial charge in [-0.1, -0.05) is 11.6 Å². The smallest absolute Gasteiger partial charge is 0.286 e. The molecular weight excluding hydrogens is 332 g/mol. The lowest BCUT2D eigenvalue weighted by Gasteiger charge is -2.19. The molecular formula is C17H19ClN2O4. The van der Waals surface area contributed by atoms with Crippen LogP contribution in [0.25, 0.3) is 0 Å². The zero-order valence-corrected chi connectivity index (χ0v) is 14.3. The Morgan fingerprint density at radius 3 is 2.79 bits per heavy atom. The van der Waals surface area contributed by atoms with E-state index < -0.39 is 0 Å². The van der Waals surface area contributed by atoms with Gasteiger partial charge >= 0.3 is 0 Å². The number of halogens is 1. The molecule has 1 heterocycles. The minimum Gasteiger partial charge on any atom is -0.496 e. The van der Waals surface area contributed by atoms with E-state index in [0.717, 1.165) is 5.56 Å². The second-order valence-electron chi connectivity index (χ2n) is 5.19. The molecule has 0 atom stereocenters. The van der Waals surface area contributed by atoms with Crippen LogP contribution in [-0.4, -0.2) is 37.4 Å². The lowest BCUT2D eigenvalue weighted by Crippen LogP contribution is -2.31. The molecule has 1 N–H and O–H groups in total. The van der Waals surface area contributed by atoms with Crippen LogP contribution in [0.15, 0.2) is 41.0 Å². The van der Waals surface area contributed by atoms with Crippen molar-refractivity contribution >= 4 is 23.4 Å². The van der Waals surface area contributed by atoms with E-state index in [2.05, 4.69) is 5.32 Å². The summed E-state index contributed by atoms with van der Waals surface area (Å²) in [6.07, 6.45) is 1.61. The molecule has 1 aromatic heterocycles. The van der Waals surface area contributed by atoms with Crippen molar-refractivity contribution in [1.29, 1.82) is 0 Å². The Hall–Kier alpha value is -2.47. The Bertz CT molecular complexity index is 701. The van der Waals surface area contributed by atoms with E-state index >= 15 is 0 Å². The Labute approximate surface area is 145 Å². The summed E-state index contributed by atoms with van der Waals surface area (Å²) in [6, 6.07) is 8.46.